The fraction of sp³-hybridized carbons (Fsp3) is 0.353. The van der Waals surface area contributed by atoms with Gasteiger partial charge in [0.2, 0.25) is 0 Å². The molecule has 1 aromatic carbocycles. The third kappa shape index (κ3) is 2.79. The zero-order valence-electron chi connectivity index (χ0n) is 14.1. The molecular weight excluding hydrogens is 326 g/mol. The number of amides is 2. The van der Waals surface area contributed by atoms with E-state index in [1.54, 1.807) is 41.8 Å². The van der Waals surface area contributed by atoms with Gasteiger partial charge in [-0.05, 0) is 12.1 Å². The highest BCUT2D eigenvalue weighted by Gasteiger charge is 2.29. The van der Waals surface area contributed by atoms with Crippen LogP contribution in [0.1, 0.15) is 20.8 Å². The predicted octanol–water partition coefficient (Wildman–Crippen LogP) is 1.44. The normalized spacial score (nSPS) is 14.6. The van der Waals surface area contributed by atoms with Crippen LogP contribution in [0.2, 0.25) is 0 Å². The topological polar surface area (TPSA) is 92.1 Å². The summed E-state index contributed by atoms with van der Waals surface area (Å²) in [6.07, 6.45) is -0.299. The van der Waals surface area contributed by atoms with Crippen LogP contribution in [0.4, 0.5) is 4.79 Å². The van der Waals surface area contributed by atoms with Crippen molar-refractivity contribution < 1.29 is 24.2 Å². The molecule has 0 spiro atoms. The number of carboxylic acid groups (broad SMARTS) is 1. The molecule has 8 heteroatoms. The SMILES string of the molecule is COc1ccc2c(C=O)c(C(=O)N3CCN(C(=O)O)CC3)n(C)c2c1. The van der Waals surface area contributed by atoms with E-state index in [1.165, 1.54) is 4.90 Å². The van der Waals surface area contributed by atoms with Gasteiger partial charge in [0.1, 0.15) is 11.4 Å². The third-order valence-corrected chi connectivity index (χ3v) is 4.60. The lowest BCUT2D eigenvalue weighted by atomic mass is 10.1. The average Bonchev–Trinajstić information content (AvgIpc) is 2.92. The molecule has 0 unspecified atom stereocenters. The van der Waals surface area contributed by atoms with E-state index in [0.717, 1.165) is 5.52 Å². The second-order valence-electron chi connectivity index (χ2n) is 5.88. The Labute approximate surface area is 144 Å². The highest BCUT2D eigenvalue weighted by atomic mass is 16.5. The van der Waals surface area contributed by atoms with Gasteiger partial charge in [0.05, 0.1) is 18.2 Å². The fourth-order valence-electron chi connectivity index (χ4n) is 3.20. The number of fused-ring (bicyclic) bond motifs is 1. The molecule has 2 amide bonds. The largest absolute Gasteiger partial charge is 0.497 e. The number of carbonyl (C=O) groups is 3. The number of hydrogen-bond acceptors (Lipinski definition) is 4. The predicted molar refractivity (Wildman–Crippen MR) is 90.4 cm³/mol. The lowest BCUT2D eigenvalue weighted by molar-refractivity contribution is 0.0615. The Bertz CT molecular complexity index is 850. The summed E-state index contributed by atoms with van der Waals surface area (Å²) in [6.45, 7) is 1.12. The van der Waals surface area contributed by atoms with Crippen molar-refractivity contribution >= 4 is 29.2 Å². The molecule has 0 atom stereocenters. The first-order chi connectivity index (χ1) is 12.0. The zero-order valence-corrected chi connectivity index (χ0v) is 14.1. The van der Waals surface area contributed by atoms with Crippen LogP contribution in [-0.2, 0) is 7.05 Å². The molecule has 0 bridgehead atoms. The van der Waals surface area contributed by atoms with E-state index in [4.69, 9.17) is 9.84 Å². The Morgan fingerprint density at radius 2 is 1.80 bits per heavy atom. The Morgan fingerprint density at radius 1 is 1.16 bits per heavy atom. The van der Waals surface area contributed by atoms with Crippen molar-refractivity contribution in [3.63, 3.8) is 0 Å². The number of aromatic nitrogens is 1. The lowest BCUT2D eigenvalue weighted by Gasteiger charge is -2.33. The van der Waals surface area contributed by atoms with Crippen LogP contribution in [0.15, 0.2) is 18.2 Å². The fourth-order valence-corrected chi connectivity index (χ4v) is 3.20. The monoisotopic (exact) mass is 345 g/mol. The van der Waals surface area contributed by atoms with Crippen LogP contribution in [0, 0.1) is 0 Å². The first-order valence-corrected chi connectivity index (χ1v) is 7.86. The first-order valence-electron chi connectivity index (χ1n) is 7.86. The molecule has 2 heterocycles. The van der Waals surface area contributed by atoms with Gasteiger partial charge < -0.3 is 24.2 Å². The zero-order chi connectivity index (χ0) is 18.1. The summed E-state index contributed by atoms with van der Waals surface area (Å²) in [5, 5.41) is 9.70. The summed E-state index contributed by atoms with van der Waals surface area (Å²) in [5.74, 6) is 0.365. The highest BCUT2D eigenvalue weighted by molar-refractivity contribution is 6.10. The van der Waals surface area contributed by atoms with Crippen molar-refractivity contribution in [1.29, 1.82) is 0 Å². The molecule has 0 saturated carbocycles. The van der Waals surface area contributed by atoms with Gasteiger partial charge in [-0.3, -0.25) is 9.59 Å². The molecule has 0 radical (unpaired) electrons. The number of piperazine rings is 1. The van der Waals surface area contributed by atoms with Gasteiger partial charge >= 0.3 is 6.09 Å². The summed E-state index contributed by atoms with van der Waals surface area (Å²) in [4.78, 5) is 38.4. The number of aryl methyl sites for hydroxylation is 1. The van der Waals surface area contributed by atoms with E-state index in [1.807, 2.05) is 0 Å². The molecule has 8 nitrogen and oxygen atoms in total. The minimum atomic E-state index is -0.989. The standard InChI is InChI=1S/C17H19N3O5/c1-18-14-9-11(25-2)3-4-12(14)13(10-21)15(18)16(22)19-5-7-20(8-6-19)17(23)24/h3-4,9-10H,5-8H2,1-2H3,(H,23,24). The van der Waals surface area contributed by atoms with Crippen molar-refractivity contribution in [2.24, 2.45) is 7.05 Å². The number of carbonyl (C=O) groups excluding carboxylic acids is 2. The number of hydrogen-bond donors (Lipinski definition) is 1. The summed E-state index contributed by atoms with van der Waals surface area (Å²) in [7, 11) is 3.29. The summed E-state index contributed by atoms with van der Waals surface area (Å²) >= 11 is 0. The van der Waals surface area contributed by atoms with Crippen LogP contribution in [-0.4, -0.2) is 71.0 Å². The van der Waals surface area contributed by atoms with Gasteiger partial charge in [-0.2, -0.15) is 0 Å². The molecule has 132 valence electrons. The van der Waals surface area contributed by atoms with Crippen LogP contribution in [0.3, 0.4) is 0 Å². The molecule has 1 N–H and O–H groups in total. The smallest absolute Gasteiger partial charge is 0.407 e. The molecule has 3 rings (SSSR count). The van der Waals surface area contributed by atoms with Gasteiger partial charge in [-0.25, -0.2) is 4.79 Å². The summed E-state index contributed by atoms with van der Waals surface area (Å²) in [5.41, 5.74) is 1.38. The number of benzene rings is 1. The van der Waals surface area contributed by atoms with Crippen molar-refractivity contribution in [2.45, 2.75) is 0 Å². The van der Waals surface area contributed by atoms with Crippen LogP contribution in [0.25, 0.3) is 10.9 Å². The number of nitrogens with zero attached hydrogens (tertiary/aromatic N) is 3. The average molecular weight is 345 g/mol. The van der Waals surface area contributed by atoms with E-state index in [2.05, 4.69) is 0 Å². The molecule has 1 aliphatic rings. The number of methoxy groups -OCH3 is 1. The van der Waals surface area contributed by atoms with Gasteiger partial charge in [0, 0.05) is 44.7 Å². The van der Waals surface area contributed by atoms with E-state index in [0.29, 0.717) is 41.8 Å². The van der Waals surface area contributed by atoms with Crippen LogP contribution in [0.5, 0.6) is 5.75 Å². The molecule has 1 fully saturated rings. The Hall–Kier alpha value is -3.03. The Morgan fingerprint density at radius 3 is 2.36 bits per heavy atom. The second kappa shape index (κ2) is 6.46. The highest BCUT2D eigenvalue weighted by Crippen LogP contribution is 2.28. The minimum absolute atomic E-state index is 0.259. The maximum atomic E-state index is 12.9. The molecule has 1 saturated heterocycles. The number of rotatable bonds is 3. The summed E-state index contributed by atoms with van der Waals surface area (Å²) in [6, 6.07) is 5.29. The molecule has 25 heavy (non-hydrogen) atoms. The summed E-state index contributed by atoms with van der Waals surface area (Å²) < 4.78 is 6.90. The molecule has 1 aliphatic heterocycles. The van der Waals surface area contributed by atoms with Crippen molar-refractivity contribution in [1.82, 2.24) is 14.4 Å². The first kappa shape index (κ1) is 16.8. The van der Waals surface area contributed by atoms with Crippen molar-refractivity contribution in [2.75, 3.05) is 33.3 Å². The van der Waals surface area contributed by atoms with E-state index >= 15 is 0 Å². The van der Waals surface area contributed by atoms with Gasteiger partial charge in [0.25, 0.3) is 5.91 Å². The van der Waals surface area contributed by atoms with E-state index in [-0.39, 0.29) is 19.0 Å². The van der Waals surface area contributed by atoms with Crippen LogP contribution >= 0.6 is 0 Å². The molecule has 0 aliphatic carbocycles. The second-order valence-corrected chi connectivity index (χ2v) is 5.88. The van der Waals surface area contributed by atoms with Gasteiger partial charge in [-0.1, -0.05) is 0 Å². The van der Waals surface area contributed by atoms with E-state index in [9.17, 15) is 14.4 Å². The van der Waals surface area contributed by atoms with E-state index < -0.39 is 6.09 Å². The molecular formula is C17H19N3O5. The molecule has 2 aromatic rings. The quantitative estimate of drug-likeness (QED) is 0.850. The van der Waals surface area contributed by atoms with Crippen molar-refractivity contribution in [3.8, 4) is 5.75 Å². The number of aldehydes is 1. The minimum Gasteiger partial charge on any atom is -0.497 e. The molecule has 1 aromatic heterocycles. The number of ether oxygens (including phenoxy) is 1. The Kier molecular flexibility index (Phi) is 4.35. The van der Waals surface area contributed by atoms with Crippen LogP contribution < -0.4 is 4.74 Å². The van der Waals surface area contributed by atoms with Crippen molar-refractivity contribution in [3.05, 3.63) is 29.5 Å². The van der Waals surface area contributed by atoms with Gasteiger partial charge in [-0.15, -0.1) is 0 Å². The Balaban J connectivity index is 1.97. The maximum absolute atomic E-state index is 12.9. The lowest BCUT2D eigenvalue weighted by Crippen LogP contribution is -2.50. The third-order valence-electron chi connectivity index (χ3n) is 4.60. The maximum Gasteiger partial charge on any atom is 0.407 e. The van der Waals surface area contributed by atoms with Gasteiger partial charge in [0.15, 0.2) is 6.29 Å².